The number of hydrogen-bond acceptors (Lipinski definition) is 2. The smallest absolute Gasteiger partial charge is 0.0613 e. The van der Waals surface area contributed by atoms with Crippen molar-refractivity contribution in [1.82, 2.24) is 0 Å². The lowest BCUT2D eigenvalue weighted by molar-refractivity contribution is 0.557. The van der Waals surface area contributed by atoms with Gasteiger partial charge in [-0.25, -0.2) is 0 Å². The molecule has 104 valence electrons. The van der Waals surface area contributed by atoms with Crippen LogP contribution in [-0.2, 0) is 12.8 Å². The molecule has 2 N–H and O–H groups in total. The molecule has 2 nitrogen and oxygen atoms in total. The molecule has 0 aliphatic carbocycles. The number of rotatable bonds is 3. The molecule has 0 saturated carbocycles. The molecule has 0 saturated heterocycles. The van der Waals surface area contributed by atoms with Gasteiger partial charge in [-0.15, -0.1) is 0 Å². The predicted molar refractivity (Wildman–Crippen MR) is 83.1 cm³/mol. The van der Waals surface area contributed by atoms with Crippen molar-refractivity contribution in [3.63, 3.8) is 0 Å². The molecule has 3 rings (SSSR count). The van der Waals surface area contributed by atoms with E-state index in [9.17, 15) is 0 Å². The minimum absolute atomic E-state index is 0.608. The van der Waals surface area contributed by atoms with E-state index in [2.05, 4.69) is 36.6 Å². The lowest BCUT2D eigenvalue weighted by Gasteiger charge is -2.33. The molecule has 2 atom stereocenters. The first kappa shape index (κ1) is 12.8. The minimum atomic E-state index is 0.608. The van der Waals surface area contributed by atoms with E-state index in [0.29, 0.717) is 12.1 Å². The maximum Gasteiger partial charge on any atom is 0.0613 e. The summed E-state index contributed by atoms with van der Waals surface area (Å²) in [4.78, 5) is 0. The average Bonchev–Trinajstić information content (AvgIpc) is 2.44. The number of anilines is 2. The molecule has 2 aliphatic heterocycles. The van der Waals surface area contributed by atoms with Gasteiger partial charge in [-0.2, -0.15) is 0 Å². The Morgan fingerprint density at radius 1 is 1.05 bits per heavy atom. The highest BCUT2D eigenvalue weighted by Gasteiger charge is 2.24. The zero-order valence-corrected chi connectivity index (χ0v) is 12.3. The second-order valence-corrected chi connectivity index (χ2v) is 6.24. The Labute approximate surface area is 117 Å². The van der Waals surface area contributed by atoms with Crippen LogP contribution in [0.2, 0.25) is 0 Å². The molecular weight excluding hydrogens is 232 g/mol. The number of benzene rings is 1. The minimum Gasteiger partial charge on any atom is -0.381 e. The average molecular weight is 258 g/mol. The van der Waals surface area contributed by atoms with Crippen LogP contribution in [0, 0.1) is 0 Å². The summed E-state index contributed by atoms with van der Waals surface area (Å²) in [6.45, 7) is 4.57. The maximum atomic E-state index is 3.82. The summed E-state index contributed by atoms with van der Waals surface area (Å²) in [6.07, 6.45) is 8.96. The van der Waals surface area contributed by atoms with E-state index in [-0.39, 0.29) is 0 Å². The van der Waals surface area contributed by atoms with Gasteiger partial charge in [0, 0.05) is 12.1 Å². The summed E-state index contributed by atoms with van der Waals surface area (Å²) in [5.41, 5.74) is 5.82. The molecule has 1 aromatic rings. The first-order valence-corrected chi connectivity index (χ1v) is 7.95. The molecule has 0 bridgehead atoms. The van der Waals surface area contributed by atoms with E-state index in [1.807, 2.05) is 0 Å². The van der Waals surface area contributed by atoms with Crippen molar-refractivity contribution in [3.8, 4) is 0 Å². The van der Waals surface area contributed by atoms with E-state index in [0.717, 1.165) is 0 Å². The highest BCUT2D eigenvalue weighted by molar-refractivity contribution is 5.78. The molecule has 19 heavy (non-hydrogen) atoms. The van der Waals surface area contributed by atoms with Crippen molar-refractivity contribution in [2.75, 3.05) is 10.6 Å². The van der Waals surface area contributed by atoms with Crippen LogP contribution in [0.5, 0.6) is 0 Å². The summed E-state index contributed by atoms with van der Waals surface area (Å²) in [6, 6.07) is 5.96. The lowest BCUT2D eigenvalue weighted by atomic mass is 9.89. The van der Waals surface area contributed by atoms with E-state index >= 15 is 0 Å². The van der Waals surface area contributed by atoms with Gasteiger partial charge in [-0.1, -0.05) is 31.9 Å². The number of nitrogens with one attached hydrogen (secondary N) is 2. The summed E-state index contributed by atoms with van der Waals surface area (Å²) < 4.78 is 0. The number of fused-ring (bicyclic) bond motifs is 3. The van der Waals surface area contributed by atoms with Gasteiger partial charge in [-0.05, 0) is 50.2 Å². The van der Waals surface area contributed by atoms with Crippen LogP contribution in [0.15, 0.2) is 12.1 Å². The van der Waals surface area contributed by atoms with Gasteiger partial charge in [0.1, 0.15) is 0 Å². The molecule has 0 amide bonds. The first-order chi connectivity index (χ1) is 9.28. The third kappa shape index (κ3) is 2.58. The Bertz CT molecular complexity index is 453. The number of aryl methyl sites for hydroxylation is 2. The van der Waals surface area contributed by atoms with E-state index in [4.69, 9.17) is 0 Å². The van der Waals surface area contributed by atoms with Crippen molar-refractivity contribution in [3.05, 3.63) is 23.3 Å². The normalized spacial score (nSPS) is 24.9. The molecular formula is C17H26N2. The first-order valence-electron chi connectivity index (χ1n) is 7.95. The summed E-state index contributed by atoms with van der Waals surface area (Å²) in [7, 11) is 0. The fourth-order valence-electron chi connectivity index (χ4n) is 3.40. The number of unbranched alkanes of at least 4 members (excludes halogenated alkanes) is 1. The van der Waals surface area contributed by atoms with Crippen molar-refractivity contribution in [1.29, 1.82) is 0 Å². The molecule has 2 aliphatic rings. The Morgan fingerprint density at radius 3 is 2.47 bits per heavy atom. The molecule has 0 spiro atoms. The molecule has 0 radical (unpaired) electrons. The van der Waals surface area contributed by atoms with Gasteiger partial charge >= 0.3 is 0 Å². The van der Waals surface area contributed by atoms with E-state index in [1.54, 1.807) is 0 Å². The van der Waals surface area contributed by atoms with Gasteiger partial charge in [-0.3, -0.25) is 0 Å². The quantitative estimate of drug-likeness (QED) is 0.842. The second kappa shape index (κ2) is 5.44. The molecule has 2 heteroatoms. The number of hydrogen-bond donors (Lipinski definition) is 2. The van der Waals surface area contributed by atoms with E-state index < -0.39 is 0 Å². The standard InChI is InChI=1S/C17H26N2/c1-3-4-5-15-11-10-14-9-8-13-7-6-12(2)18-16(13)17(14)19-15/h8-9,12,15,18-19H,3-7,10-11H2,1-2H3/t12-,15-/m1/s1. The second-order valence-electron chi connectivity index (χ2n) is 6.24. The zero-order chi connectivity index (χ0) is 13.2. The van der Waals surface area contributed by atoms with Crippen LogP contribution in [0.4, 0.5) is 11.4 Å². The van der Waals surface area contributed by atoms with Crippen LogP contribution in [0.1, 0.15) is 57.1 Å². The Balaban J connectivity index is 1.85. The monoisotopic (exact) mass is 258 g/mol. The fourth-order valence-corrected chi connectivity index (χ4v) is 3.40. The molecule has 2 heterocycles. The van der Waals surface area contributed by atoms with Crippen LogP contribution in [0.3, 0.4) is 0 Å². The van der Waals surface area contributed by atoms with Crippen molar-refractivity contribution in [2.24, 2.45) is 0 Å². The summed E-state index contributed by atoms with van der Waals surface area (Å²) in [5, 5.41) is 7.52. The Kier molecular flexibility index (Phi) is 3.67. The van der Waals surface area contributed by atoms with Crippen molar-refractivity contribution in [2.45, 2.75) is 70.9 Å². The van der Waals surface area contributed by atoms with E-state index in [1.165, 1.54) is 67.4 Å². The van der Waals surface area contributed by atoms with Crippen LogP contribution in [-0.4, -0.2) is 12.1 Å². The molecule has 0 unspecified atom stereocenters. The summed E-state index contributed by atoms with van der Waals surface area (Å²) >= 11 is 0. The topological polar surface area (TPSA) is 24.1 Å². The fraction of sp³-hybridized carbons (Fsp3) is 0.647. The summed E-state index contributed by atoms with van der Waals surface area (Å²) in [5.74, 6) is 0. The third-order valence-electron chi connectivity index (χ3n) is 4.63. The van der Waals surface area contributed by atoms with Gasteiger partial charge in [0.15, 0.2) is 0 Å². The maximum absolute atomic E-state index is 3.82. The van der Waals surface area contributed by atoms with Gasteiger partial charge in [0.05, 0.1) is 11.4 Å². The molecule has 0 fully saturated rings. The van der Waals surface area contributed by atoms with Crippen LogP contribution < -0.4 is 10.6 Å². The Hall–Kier alpha value is -1.18. The Morgan fingerprint density at radius 2 is 1.74 bits per heavy atom. The third-order valence-corrected chi connectivity index (χ3v) is 4.63. The van der Waals surface area contributed by atoms with Crippen molar-refractivity contribution >= 4 is 11.4 Å². The van der Waals surface area contributed by atoms with Gasteiger partial charge in [0.2, 0.25) is 0 Å². The van der Waals surface area contributed by atoms with Crippen molar-refractivity contribution < 1.29 is 0 Å². The van der Waals surface area contributed by atoms with Gasteiger partial charge in [0.25, 0.3) is 0 Å². The lowest BCUT2D eigenvalue weighted by Crippen LogP contribution is -2.29. The molecule has 0 aromatic heterocycles. The zero-order valence-electron chi connectivity index (χ0n) is 12.3. The molecule has 1 aromatic carbocycles. The predicted octanol–water partition coefficient (Wildman–Crippen LogP) is 4.35. The van der Waals surface area contributed by atoms with Crippen LogP contribution in [0.25, 0.3) is 0 Å². The SMILES string of the molecule is CCCC[C@@H]1CCc2ccc3c(c2N1)N[C@H](C)CC3. The van der Waals surface area contributed by atoms with Gasteiger partial charge < -0.3 is 10.6 Å². The highest BCUT2D eigenvalue weighted by atomic mass is 15.0. The van der Waals surface area contributed by atoms with Crippen LogP contribution >= 0.6 is 0 Å². The largest absolute Gasteiger partial charge is 0.381 e. The highest BCUT2D eigenvalue weighted by Crippen LogP contribution is 2.39.